The Morgan fingerprint density at radius 3 is 2.73 bits per heavy atom. The van der Waals surface area contributed by atoms with Gasteiger partial charge in [-0.25, -0.2) is 5.43 Å². The molecule has 0 aliphatic heterocycles. The van der Waals surface area contributed by atoms with Gasteiger partial charge in [0, 0.05) is 9.92 Å². The van der Waals surface area contributed by atoms with Gasteiger partial charge in [-0.3, -0.25) is 4.79 Å². The molecule has 0 aliphatic carbocycles. The number of carbonyl (C=O) groups is 1. The molecule has 26 heavy (non-hydrogen) atoms. The molecule has 0 saturated heterocycles. The topological polar surface area (TPSA) is 50.7 Å². The Bertz CT molecular complexity index is 797. The molecule has 0 aliphatic rings. The molecule has 1 amide bonds. The standard InChI is InChI=1S/C19H20Cl2N2O2S/c1-3-25-17-7-5-13(9-16(17)21)12-22-23-19(24)11-14-10-15(20)6-8-18(14)26-4-2/h5-10,12H,3-4,11H2,1-2H3,(H,23,24)/b22-12-. The van der Waals surface area contributed by atoms with Crippen LogP contribution >= 0.6 is 35.0 Å². The van der Waals surface area contributed by atoms with Gasteiger partial charge < -0.3 is 4.74 Å². The summed E-state index contributed by atoms with van der Waals surface area (Å²) in [6, 6.07) is 10.9. The summed E-state index contributed by atoms with van der Waals surface area (Å²) in [4.78, 5) is 13.2. The van der Waals surface area contributed by atoms with Crippen molar-refractivity contribution in [3.63, 3.8) is 0 Å². The highest BCUT2D eigenvalue weighted by Gasteiger charge is 2.09. The van der Waals surface area contributed by atoms with Crippen LogP contribution in [0, 0.1) is 0 Å². The highest BCUT2D eigenvalue weighted by Crippen LogP contribution is 2.26. The second-order valence-corrected chi connectivity index (χ2v) is 7.43. The summed E-state index contributed by atoms with van der Waals surface area (Å²) in [6.45, 7) is 4.51. The SMILES string of the molecule is CCOc1ccc(/C=N\NC(=O)Cc2cc(Cl)ccc2SCC)cc1Cl. The third kappa shape index (κ3) is 6.24. The number of halogens is 2. The van der Waals surface area contributed by atoms with E-state index in [2.05, 4.69) is 17.5 Å². The number of benzene rings is 2. The van der Waals surface area contributed by atoms with Crippen molar-refractivity contribution in [2.24, 2.45) is 5.10 Å². The third-order valence-corrected chi connectivity index (χ3v) is 4.86. The van der Waals surface area contributed by atoms with Crippen LogP contribution in [0.2, 0.25) is 10.0 Å². The molecule has 138 valence electrons. The molecule has 1 N–H and O–H groups in total. The molecule has 0 spiro atoms. The molecule has 2 aromatic rings. The summed E-state index contributed by atoms with van der Waals surface area (Å²) in [7, 11) is 0. The number of carbonyl (C=O) groups excluding carboxylic acids is 1. The van der Waals surface area contributed by atoms with Gasteiger partial charge >= 0.3 is 0 Å². The van der Waals surface area contributed by atoms with E-state index < -0.39 is 0 Å². The van der Waals surface area contributed by atoms with Gasteiger partial charge in [0.2, 0.25) is 5.91 Å². The fourth-order valence-electron chi connectivity index (χ4n) is 2.24. The molecule has 7 heteroatoms. The van der Waals surface area contributed by atoms with Gasteiger partial charge in [0.15, 0.2) is 0 Å². The zero-order valence-electron chi connectivity index (χ0n) is 14.6. The average molecular weight is 411 g/mol. The van der Waals surface area contributed by atoms with Crippen LogP contribution in [0.1, 0.15) is 25.0 Å². The van der Waals surface area contributed by atoms with Gasteiger partial charge in [0.05, 0.1) is 24.3 Å². The molecule has 0 atom stereocenters. The van der Waals surface area contributed by atoms with E-state index in [-0.39, 0.29) is 12.3 Å². The van der Waals surface area contributed by atoms with E-state index in [1.807, 2.05) is 31.2 Å². The van der Waals surface area contributed by atoms with E-state index in [0.717, 1.165) is 21.8 Å². The van der Waals surface area contributed by atoms with Crippen molar-refractivity contribution in [1.29, 1.82) is 0 Å². The van der Waals surface area contributed by atoms with Gasteiger partial charge in [-0.2, -0.15) is 5.10 Å². The molecule has 2 aromatic carbocycles. The lowest BCUT2D eigenvalue weighted by molar-refractivity contribution is -0.120. The average Bonchev–Trinajstić information content (AvgIpc) is 2.60. The summed E-state index contributed by atoms with van der Waals surface area (Å²) >= 11 is 13.8. The van der Waals surface area contributed by atoms with Crippen LogP contribution in [0.3, 0.4) is 0 Å². The summed E-state index contributed by atoms with van der Waals surface area (Å²) in [5.41, 5.74) is 4.19. The fraction of sp³-hybridized carbons (Fsp3) is 0.263. The molecule has 0 heterocycles. The maximum Gasteiger partial charge on any atom is 0.244 e. The summed E-state index contributed by atoms with van der Waals surface area (Å²) < 4.78 is 5.38. The number of amides is 1. The molecule has 0 fully saturated rings. The Kier molecular flexibility index (Phi) is 8.29. The number of nitrogens with one attached hydrogen (secondary N) is 1. The Morgan fingerprint density at radius 1 is 1.23 bits per heavy atom. The van der Waals surface area contributed by atoms with Crippen molar-refractivity contribution >= 4 is 47.1 Å². The van der Waals surface area contributed by atoms with Crippen molar-refractivity contribution in [1.82, 2.24) is 5.43 Å². The van der Waals surface area contributed by atoms with Crippen LogP contribution in [0.4, 0.5) is 0 Å². The molecule has 0 bridgehead atoms. The van der Waals surface area contributed by atoms with Crippen molar-refractivity contribution in [2.45, 2.75) is 25.2 Å². The number of hydrogen-bond donors (Lipinski definition) is 1. The first-order chi connectivity index (χ1) is 12.5. The summed E-state index contributed by atoms with van der Waals surface area (Å²) in [6.07, 6.45) is 1.75. The minimum atomic E-state index is -0.210. The Morgan fingerprint density at radius 2 is 2.04 bits per heavy atom. The van der Waals surface area contributed by atoms with E-state index in [4.69, 9.17) is 27.9 Å². The lowest BCUT2D eigenvalue weighted by atomic mass is 10.1. The van der Waals surface area contributed by atoms with Crippen LogP contribution in [-0.2, 0) is 11.2 Å². The minimum Gasteiger partial charge on any atom is -0.492 e. The zero-order chi connectivity index (χ0) is 18.9. The van der Waals surface area contributed by atoms with Crippen LogP contribution in [0.15, 0.2) is 46.4 Å². The van der Waals surface area contributed by atoms with Crippen molar-refractivity contribution in [2.75, 3.05) is 12.4 Å². The maximum atomic E-state index is 12.2. The Labute approximate surface area is 167 Å². The predicted octanol–water partition coefficient (Wildman–Crippen LogP) is 5.20. The lowest BCUT2D eigenvalue weighted by Gasteiger charge is -2.08. The monoisotopic (exact) mass is 410 g/mol. The van der Waals surface area contributed by atoms with E-state index in [1.165, 1.54) is 0 Å². The highest BCUT2D eigenvalue weighted by atomic mass is 35.5. The number of rotatable bonds is 8. The van der Waals surface area contributed by atoms with Gasteiger partial charge in [0.25, 0.3) is 0 Å². The molecular weight excluding hydrogens is 391 g/mol. The highest BCUT2D eigenvalue weighted by molar-refractivity contribution is 7.99. The van der Waals surface area contributed by atoms with Gasteiger partial charge in [0.1, 0.15) is 5.75 Å². The fourth-order valence-corrected chi connectivity index (χ4v) is 3.47. The maximum absolute atomic E-state index is 12.2. The Balaban J connectivity index is 1.97. The smallest absolute Gasteiger partial charge is 0.244 e. The molecule has 4 nitrogen and oxygen atoms in total. The third-order valence-electron chi connectivity index (χ3n) is 3.33. The molecule has 0 saturated carbocycles. The molecule has 0 unspecified atom stereocenters. The minimum absolute atomic E-state index is 0.210. The first-order valence-electron chi connectivity index (χ1n) is 8.19. The molecule has 2 rings (SSSR count). The zero-order valence-corrected chi connectivity index (χ0v) is 16.9. The molecule has 0 aromatic heterocycles. The van der Waals surface area contributed by atoms with Crippen molar-refractivity contribution < 1.29 is 9.53 Å². The number of nitrogens with zero attached hydrogens (tertiary/aromatic N) is 1. The summed E-state index contributed by atoms with van der Waals surface area (Å²) in [5, 5.41) is 5.10. The van der Waals surface area contributed by atoms with Crippen LogP contribution in [0.25, 0.3) is 0 Å². The van der Waals surface area contributed by atoms with E-state index in [1.54, 1.807) is 30.1 Å². The first kappa shape index (κ1) is 20.6. The van der Waals surface area contributed by atoms with Gasteiger partial charge in [-0.1, -0.05) is 30.1 Å². The van der Waals surface area contributed by atoms with Crippen LogP contribution in [0.5, 0.6) is 5.75 Å². The second kappa shape index (κ2) is 10.5. The molecular formula is C19H20Cl2N2O2S. The van der Waals surface area contributed by atoms with Crippen LogP contribution in [-0.4, -0.2) is 24.5 Å². The lowest BCUT2D eigenvalue weighted by Crippen LogP contribution is -2.20. The second-order valence-electron chi connectivity index (χ2n) is 5.28. The van der Waals surface area contributed by atoms with Gasteiger partial charge in [-0.05, 0) is 60.2 Å². The van der Waals surface area contributed by atoms with Crippen LogP contribution < -0.4 is 10.2 Å². The van der Waals surface area contributed by atoms with Crippen molar-refractivity contribution in [3.05, 3.63) is 57.6 Å². The normalized spacial score (nSPS) is 10.9. The predicted molar refractivity (Wildman–Crippen MR) is 110 cm³/mol. The Hall–Kier alpha value is -1.69. The number of thioether (sulfide) groups is 1. The van der Waals surface area contributed by atoms with E-state index in [0.29, 0.717) is 22.4 Å². The largest absolute Gasteiger partial charge is 0.492 e. The number of hydrogen-bond acceptors (Lipinski definition) is 4. The number of ether oxygens (including phenoxy) is 1. The quantitative estimate of drug-likeness (QED) is 0.369. The van der Waals surface area contributed by atoms with Gasteiger partial charge in [-0.15, -0.1) is 11.8 Å². The van der Waals surface area contributed by atoms with E-state index >= 15 is 0 Å². The summed E-state index contributed by atoms with van der Waals surface area (Å²) in [5.74, 6) is 1.34. The molecule has 0 radical (unpaired) electrons. The first-order valence-corrected chi connectivity index (χ1v) is 9.93. The van der Waals surface area contributed by atoms with E-state index in [9.17, 15) is 4.79 Å². The number of hydrazone groups is 1. The van der Waals surface area contributed by atoms with Crippen molar-refractivity contribution in [3.8, 4) is 5.75 Å².